The topological polar surface area (TPSA) is 53.6 Å². The van der Waals surface area contributed by atoms with E-state index < -0.39 is 17.8 Å². The molecule has 5 nitrogen and oxygen atoms in total. The van der Waals surface area contributed by atoms with Crippen LogP contribution in [0.3, 0.4) is 0 Å². The molecule has 1 fully saturated rings. The lowest BCUT2D eigenvalue weighted by Gasteiger charge is -2.34. The Hall–Kier alpha value is -1.51. The molecule has 1 aromatic carbocycles. The first-order valence-electron chi connectivity index (χ1n) is 8.28. The van der Waals surface area contributed by atoms with E-state index in [0.717, 1.165) is 37.8 Å². The van der Waals surface area contributed by atoms with Crippen LogP contribution in [0.4, 0.5) is 23.7 Å². The lowest BCUT2D eigenvalue weighted by atomic mass is 9.92. The van der Waals surface area contributed by atoms with Gasteiger partial charge in [-0.3, -0.25) is 4.90 Å². The Bertz CT molecular complexity index is 632. The Kier molecular flexibility index (Phi) is 6.76. The summed E-state index contributed by atoms with van der Waals surface area (Å²) < 4.78 is 43.6. The van der Waals surface area contributed by atoms with Crippen LogP contribution in [0.1, 0.15) is 19.4 Å². The number of hydrogen-bond donors (Lipinski definition) is 2. The molecule has 0 aliphatic carbocycles. The summed E-state index contributed by atoms with van der Waals surface area (Å²) in [5.41, 5.74) is -1.15. The number of morpholine rings is 1. The number of hydrogen-bond acceptors (Lipinski definition) is 3. The maximum absolute atomic E-state index is 12.8. The second-order valence-corrected chi connectivity index (χ2v) is 7.46. The molecule has 0 atom stereocenters. The third-order valence-electron chi connectivity index (χ3n) is 4.02. The van der Waals surface area contributed by atoms with Gasteiger partial charge < -0.3 is 15.4 Å². The zero-order valence-electron chi connectivity index (χ0n) is 14.8. The maximum Gasteiger partial charge on any atom is 0.416 e. The average molecular weight is 394 g/mol. The largest absolute Gasteiger partial charge is 0.416 e. The summed E-state index contributed by atoms with van der Waals surface area (Å²) in [5, 5.41) is 5.12. The second kappa shape index (κ2) is 8.45. The predicted octanol–water partition coefficient (Wildman–Crippen LogP) is 3.84. The van der Waals surface area contributed by atoms with E-state index in [9.17, 15) is 18.0 Å². The van der Waals surface area contributed by atoms with Crippen molar-refractivity contribution in [1.29, 1.82) is 0 Å². The Morgan fingerprint density at radius 1 is 1.27 bits per heavy atom. The van der Waals surface area contributed by atoms with E-state index in [-0.39, 0.29) is 16.1 Å². The molecule has 1 saturated heterocycles. The summed E-state index contributed by atoms with van der Waals surface area (Å²) in [6.07, 6.45) is -4.50. The molecule has 26 heavy (non-hydrogen) atoms. The second-order valence-electron chi connectivity index (χ2n) is 7.05. The molecule has 2 rings (SSSR count). The van der Waals surface area contributed by atoms with Gasteiger partial charge >= 0.3 is 12.2 Å². The number of alkyl halides is 3. The fourth-order valence-corrected chi connectivity index (χ4v) is 2.87. The molecule has 0 spiro atoms. The first kappa shape index (κ1) is 20.8. The van der Waals surface area contributed by atoms with Crippen molar-refractivity contribution in [1.82, 2.24) is 10.2 Å². The number of amides is 2. The molecule has 2 amide bonds. The van der Waals surface area contributed by atoms with Gasteiger partial charge in [0.05, 0.1) is 29.5 Å². The van der Waals surface area contributed by atoms with E-state index in [0.29, 0.717) is 19.8 Å². The van der Waals surface area contributed by atoms with E-state index in [4.69, 9.17) is 16.3 Å². The minimum Gasteiger partial charge on any atom is -0.379 e. The van der Waals surface area contributed by atoms with Crippen LogP contribution < -0.4 is 10.6 Å². The molecule has 2 N–H and O–H groups in total. The smallest absolute Gasteiger partial charge is 0.379 e. The number of rotatable bonds is 5. The number of nitrogens with one attached hydrogen (secondary N) is 2. The van der Waals surface area contributed by atoms with Gasteiger partial charge in [0.2, 0.25) is 0 Å². The number of carbonyl (C=O) groups is 1. The molecule has 0 radical (unpaired) electrons. The molecule has 9 heteroatoms. The molecule has 0 saturated carbocycles. The van der Waals surface area contributed by atoms with Gasteiger partial charge in [0, 0.05) is 26.2 Å². The highest BCUT2D eigenvalue weighted by Gasteiger charge is 2.31. The van der Waals surface area contributed by atoms with Gasteiger partial charge in [-0.1, -0.05) is 25.4 Å². The fourth-order valence-electron chi connectivity index (χ4n) is 2.70. The Morgan fingerprint density at radius 2 is 1.92 bits per heavy atom. The van der Waals surface area contributed by atoms with Gasteiger partial charge in [-0.05, 0) is 23.6 Å². The summed E-state index contributed by atoms with van der Waals surface area (Å²) in [6.45, 7) is 8.24. The number of ether oxygens (including phenoxy) is 1. The normalized spacial score (nSPS) is 16.4. The number of urea groups is 1. The van der Waals surface area contributed by atoms with Crippen molar-refractivity contribution < 1.29 is 22.7 Å². The van der Waals surface area contributed by atoms with Crippen LogP contribution in [0, 0.1) is 5.41 Å². The standard InChI is InChI=1S/C17H23ClF3N3O2/c1-16(2,11-24-5-7-26-8-6-24)10-22-15(25)23-14-9-12(17(19,20)21)3-4-13(14)18/h3-4,9H,5-8,10-11H2,1-2H3,(H2,22,23,25). The number of nitrogens with zero attached hydrogens (tertiary/aromatic N) is 1. The van der Waals surface area contributed by atoms with E-state index >= 15 is 0 Å². The molecule has 0 unspecified atom stereocenters. The van der Waals surface area contributed by atoms with E-state index in [1.54, 1.807) is 0 Å². The van der Waals surface area contributed by atoms with Gasteiger partial charge in [-0.2, -0.15) is 13.2 Å². The van der Waals surface area contributed by atoms with Crippen LogP contribution in [0.25, 0.3) is 0 Å². The number of benzene rings is 1. The highest BCUT2D eigenvalue weighted by molar-refractivity contribution is 6.33. The molecule has 1 aliphatic rings. The molecule has 1 aliphatic heterocycles. The van der Waals surface area contributed by atoms with Crippen LogP contribution in [0.5, 0.6) is 0 Å². The van der Waals surface area contributed by atoms with E-state index in [1.165, 1.54) is 0 Å². The highest BCUT2D eigenvalue weighted by atomic mass is 35.5. The minimum atomic E-state index is -4.50. The Balaban J connectivity index is 1.90. The van der Waals surface area contributed by atoms with Crippen molar-refractivity contribution in [3.8, 4) is 0 Å². The molecule has 0 aromatic heterocycles. The number of anilines is 1. The average Bonchev–Trinajstić information content (AvgIpc) is 2.55. The Labute approximate surface area is 155 Å². The predicted molar refractivity (Wildman–Crippen MR) is 94.5 cm³/mol. The van der Waals surface area contributed by atoms with Crippen LogP contribution >= 0.6 is 11.6 Å². The van der Waals surface area contributed by atoms with Crippen LogP contribution in [0.2, 0.25) is 5.02 Å². The molecule has 146 valence electrons. The van der Waals surface area contributed by atoms with Crippen LogP contribution in [-0.4, -0.2) is 50.3 Å². The van der Waals surface area contributed by atoms with Crippen molar-refractivity contribution in [3.63, 3.8) is 0 Å². The van der Waals surface area contributed by atoms with Crippen molar-refractivity contribution in [3.05, 3.63) is 28.8 Å². The third kappa shape index (κ3) is 6.34. The summed E-state index contributed by atoms with van der Waals surface area (Å²) in [4.78, 5) is 14.3. The molecule has 1 aromatic rings. The lowest BCUT2D eigenvalue weighted by Crippen LogP contribution is -2.46. The minimum absolute atomic E-state index is 0.0423. The Morgan fingerprint density at radius 3 is 2.54 bits per heavy atom. The van der Waals surface area contributed by atoms with Crippen molar-refractivity contribution in [2.75, 3.05) is 44.7 Å². The van der Waals surface area contributed by atoms with Crippen LogP contribution in [0.15, 0.2) is 18.2 Å². The summed E-state index contributed by atoms with van der Waals surface area (Å²) in [7, 11) is 0. The highest BCUT2D eigenvalue weighted by Crippen LogP contribution is 2.33. The van der Waals surface area contributed by atoms with Crippen molar-refractivity contribution in [2.45, 2.75) is 20.0 Å². The van der Waals surface area contributed by atoms with Gasteiger partial charge in [-0.15, -0.1) is 0 Å². The molecule has 0 bridgehead atoms. The van der Waals surface area contributed by atoms with Gasteiger partial charge in [0.15, 0.2) is 0 Å². The van der Waals surface area contributed by atoms with Gasteiger partial charge in [-0.25, -0.2) is 4.79 Å². The number of halogens is 4. The quantitative estimate of drug-likeness (QED) is 0.799. The summed E-state index contributed by atoms with van der Waals surface area (Å²) in [5.74, 6) is 0. The summed E-state index contributed by atoms with van der Waals surface area (Å²) in [6, 6.07) is 2.21. The van der Waals surface area contributed by atoms with Crippen LogP contribution in [-0.2, 0) is 10.9 Å². The number of carbonyl (C=O) groups excluding carboxylic acids is 1. The molecular formula is C17H23ClF3N3O2. The van der Waals surface area contributed by atoms with Crippen molar-refractivity contribution in [2.24, 2.45) is 5.41 Å². The maximum atomic E-state index is 12.8. The zero-order chi connectivity index (χ0) is 19.4. The van der Waals surface area contributed by atoms with Gasteiger partial charge in [0.25, 0.3) is 0 Å². The van der Waals surface area contributed by atoms with Gasteiger partial charge in [0.1, 0.15) is 0 Å². The lowest BCUT2D eigenvalue weighted by molar-refractivity contribution is -0.137. The first-order valence-corrected chi connectivity index (χ1v) is 8.66. The molecule has 1 heterocycles. The zero-order valence-corrected chi connectivity index (χ0v) is 15.5. The van der Waals surface area contributed by atoms with E-state index in [1.807, 2.05) is 13.8 Å². The third-order valence-corrected chi connectivity index (χ3v) is 4.35. The summed E-state index contributed by atoms with van der Waals surface area (Å²) >= 11 is 5.88. The van der Waals surface area contributed by atoms with Crippen molar-refractivity contribution >= 4 is 23.3 Å². The monoisotopic (exact) mass is 393 g/mol. The SMILES string of the molecule is CC(C)(CNC(=O)Nc1cc(C(F)(F)F)ccc1Cl)CN1CCOCC1. The van der Waals surface area contributed by atoms with E-state index in [2.05, 4.69) is 15.5 Å². The fraction of sp³-hybridized carbons (Fsp3) is 0.588. The molecular weight excluding hydrogens is 371 g/mol. The first-order chi connectivity index (χ1) is 12.1.